The third-order valence-electron chi connectivity index (χ3n) is 7.14. The first-order chi connectivity index (χ1) is 17.2. The van der Waals surface area contributed by atoms with Crippen molar-refractivity contribution in [2.75, 3.05) is 0 Å². The Morgan fingerprint density at radius 1 is 0.571 bits per heavy atom. The standard InChI is InChI=1S/C31H18ClNO2/c1-17-12-18(32)13-26-31(17)24-15-23-21-7-3-5-9-28(21)35-30(23)16-25(24)33(26)19-10-11-29-22(14-19)20-6-2-4-8-27(20)34-29/h2-16H,1H3. The molecular weight excluding hydrogens is 454 g/mol. The van der Waals surface area contributed by atoms with Crippen molar-refractivity contribution in [2.24, 2.45) is 0 Å². The molecular formula is C31H18ClNO2. The maximum Gasteiger partial charge on any atom is 0.137 e. The van der Waals surface area contributed by atoms with Crippen LogP contribution in [0.25, 0.3) is 71.4 Å². The molecule has 0 fully saturated rings. The van der Waals surface area contributed by atoms with Crippen molar-refractivity contribution < 1.29 is 8.83 Å². The van der Waals surface area contributed by atoms with E-state index in [1.165, 1.54) is 10.8 Å². The van der Waals surface area contributed by atoms with Crippen LogP contribution in [-0.4, -0.2) is 4.57 Å². The zero-order valence-electron chi connectivity index (χ0n) is 18.8. The SMILES string of the molecule is Cc1cc(Cl)cc2c1c1cc3c(cc1n2-c1ccc2oc4ccccc4c2c1)oc1ccccc13. The topological polar surface area (TPSA) is 31.2 Å². The molecule has 0 amide bonds. The highest BCUT2D eigenvalue weighted by atomic mass is 35.5. The summed E-state index contributed by atoms with van der Waals surface area (Å²) in [5.41, 5.74) is 7.92. The Labute approximate surface area is 204 Å². The van der Waals surface area contributed by atoms with Crippen LogP contribution < -0.4 is 0 Å². The molecule has 8 rings (SSSR count). The molecule has 0 aliphatic rings. The summed E-state index contributed by atoms with van der Waals surface area (Å²) < 4.78 is 14.6. The number of fused-ring (bicyclic) bond motifs is 9. The molecule has 0 aliphatic carbocycles. The lowest BCUT2D eigenvalue weighted by Crippen LogP contribution is -1.93. The van der Waals surface area contributed by atoms with Gasteiger partial charge in [-0.2, -0.15) is 0 Å². The molecule has 35 heavy (non-hydrogen) atoms. The van der Waals surface area contributed by atoms with E-state index in [-0.39, 0.29) is 0 Å². The molecule has 3 heterocycles. The summed E-state index contributed by atoms with van der Waals surface area (Å²) in [7, 11) is 0. The van der Waals surface area contributed by atoms with Crippen LogP contribution in [0.1, 0.15) is 5.56 Å². The number of hydrogen-bond donors (Lipinski definition) is 0. The van der Waals surface area contributed by atoms with Gasteiger partial charge in [-0.15, -0.1) is 0 Å². The highest BCUT2D eigenvalue weighted by molar-refractivity contribution is 6.32. The largest absolute Gasteiger partial charge is 0.456 e. The number of para-hydroxylation sites is 2. The van der Waals surface area contributed by atoms with E-state index < -0.39 is 0 Å². The predicted molar refractivity (Wildman–Crippen MR) is 145 cm³/mol. The number of aromatic nitrogens is 1. The summed E-state index contributed by atoms with van der Waals surface area (Å²) in [6.45, 7) is 2.13. The summed E-state index contributed by atoms with van der Waals surface area (Å²) in [5.74, 6) is 0. The third-order valence-corrected chi connectivity index (χ3v) is 7.36. The molecule has 0 radical (unpaired) electrons. The van der Waals surface area contributed by atoms with Crippen molar-refractivity contribution in [3.8, 4) is 5.69 Å². The molecule has 3 aromatic heterocycles. The number of rotatable bonds is 1. The summed E-state index contributed by atoms with van der Waals surface area (Å²) in [5, 5.41) is 7.57. The lowest BCUT2D eigenvalue weighted by molar-refractivity contribution is 0.668. The van der Waals surface area contributed by atoms with E-state index in [4.69, 9.17) is 20.4 Å². The number of nitrogens with zero attached hydrogens (tertiary/aromatic N) is 1. The van der Waals surface area contributed by atoms with Gasteiger partial charge >= 0.3 is 0 Å². The van der Waals surface area contributed by atoms with Crippen molar-refractivity contribution in [3.05, 3.63) is 102 Å². The van der Waals surface area contributed by atoms with E-state index in [2.05, 4.69) is 66.1 Å². The van der Waals surface area contributed by atoms with Gasteiger partial charge in [-0.25, -0.2) is 0 Å². The van der Waals surface area contributed by atoms with Crippen molar-refractivity contribution in [3.63, 3.8) is 0 Å². The smallest absolute Gasteiger partial charge is 0.137 e. The summed E-state index contributed by atoms with van der Waals surface area (Å²) in [4.78, 5) is 0. The Balaban J connectivity index is 1.55. The number of furan rings is 2. The number of halogens is 1. The van der Waals surface area contributed by atoms with Gasteiger partial charge in [0.25, 0.3) is 0 Å². The van der Waals surface area contributed by atoms with Gasteiger partial charge in [0.15, 0.2) is 0 Å². The Morgan fingerprint density at radius 2 is 1.23 bits per heavy atom. The zero-order chi connectivity index (χ0) is 23.3. The van der Waals surface area contributed by atoms with Gasteiger partial charge in [-0.05, 0) is 61.0 Å². The number of aryl methyl sites for hydroxylation is 1. The lowest BCUT2D eigenvalue weighted by Gasteiger charge is -2.09. The van der Waals surface area contributed by atoms with Crippen LogP contribution in [-0.2, 0) is 0 Å². The maximum absolute atomic E-state index is 6.58. The highest BCUT2D eigenvalue weighted by Gasteiger charge is 2.19. The fraction of sp³-hybridized carbons (Fsp3) is 0.0323. The van der Waals surface area contributed by atoms with Gasteiger partial charge in [-0.1, -0.05) is 48.0 Å². The Bertz CT molecular complexity index is 2140. The van der Waals surface area contributed by atoms with Crippen molar-refractivity contribution in [1.82, 2.24) is 4.57 Å². The van der Waals surface area contributed by atoms with E-state index in [0.29, 0.717) is 0 Å². The normalized spacial score (nSPS) is 12.3. The average Bonchev–Trinajstić information content (AvgIpc) is 3.51. The van der Waals surface area contributed by atoms with E-state index in [1.807, 2.05) is 36.4 Å². The van der Waals surface area contributed by atoms with Gasteiger partial charge in [-0.3, -0.25) is 0 Å². The molecule has 0 N–H and O–H groups in total. The van der Waals surface area contributed by atoms with Crippen LogP contribution in [0, 0.1) is 6.92 Å². The minimum absolute atomic E-state index is 0.725. The minimum atomic E-state index is 0.725. The van der Waals surface area contributed by atoms with Crippen LogP contribution >= 0.6 is 11.6 Å². The van der Waals surface area contributed by atoms with Crippen LogP contribution in [0.5, 0.6) is 0 Å². The molecule has 5 aromatic carbocycles. The monoisotopic (exact) mass is 471 g/mol. The van der Waals surface area contributed by atoms with Crippen LogP contribution in [0.15, 0.2) is 99.8 Å². The fourth-order valence-electron chi connectivity index (χ4n) is 5.66. The van der Waals surface area contributed by atoms with E-state index >= 15 is 0 Å². The van der Waals surface area contributed by atoms with E-state index in [1.54, 1.807) is 0 Å². The summed E-state index contributed by atoms with van der Waals surface area (Å²) >= 11 is 6.58. The van der Waals surface area contributed by atoms with Gasteiger partial charge < -0.3 is 13.4 Å². The van der Waals surface area contributed by atoms with Crippen molar-refractivity contribution >= 4 is 77.3 Å². The fourth-order valence-corrected chi connectivity index (χ4v) is 5.93. The molecule has 3 nitrogen and oxygen atoms in total. The number of hydrogen-bond acceptors (Lipinski definition) is 2. The molecule has 0 aliphatic heterocycles. The van der Waals surface area contributed by atoms with Crippen molar-refractivity contribution in [2.45, 2.75) is 6.92 Å². The van der Waals surface area contributed by atoms with E-state index in [0.717, 1.165) is 71.2 Å². The molecule has 0 saturated carbocycles. The molecule has 0 bridgehead atoms. The highest BCUT2D eigenvalue weighted by Crippen LogP contribution is 2.41. The second-order valence-electron chi connectivity index (χ2n) is 9.19. The second-order valence-corrected chi connectivity index (χ2v) is 9.63. The van der Waals surface area contributed by atoms with Gasteiger partial charge in [0.05, 0.1) is 11.0 Å². The summed E-state index contributed by atoms with van der Waals surface area (Å²) in [6, 6.07) is 31.3. The quantitative estimate of drug-likeness (QED) is 0.238. The first-order valence-corrected chi connectivity index (χ1v) is 12.0. The van der Waals surface area contributed by atoms with Gasteiger partial charge in [0, 0.05) is 49.1 Å². The summed E-state index contributed by atoms with van der Waals surface area (Å²) in [6.07, 6.45) is 0. The average molecular weight is 472 g/mol. The Hall–Kier alpha value is -4.21. The maximum atomic E-state index is 6.58. The molecule has 0 unspecified atom stereocenters. The number of benzene rings is 5. The van der Waals surface area contributed by atoms with E-state index in [9.17, 15) is 0 Å². The Kier molecular flexibility index (Phi) is 3.65. The van der Waals surface area contributed by atoms with Crippen LogP contribution in [0.4, 0.5) is 0 Å². The minimum Gasteiger partial charge on any atom is -0.456 e. The van der Waals surface area contributed by atoms with Crippen LogP contribution in [0.2, 0.25) is 5.02 Å². The first-order valence-electron chi connectivity index (χ1n) is 11.6. The second kappa shape index (κ2) is 6.68. The zero-order valence-corrected chi connectivity index (χ0v) is 19.6. The third kappa shape index (κ3) is 2.56. The molecule has 0 spiro atoms. The molecule has 0 saturated heterocycles. The lowest BCUT2D eigenvalue weighted by atomic mass is 10.1. The molecule has 8 aromatic rings. The first kappa shape index (κ1) is 19.1. The molecule has 166 valence electrons. The van der Waals surface area contributed by atoms with Crippen molar-refractivity contribution in [1.29, 1.82) is 0 Å². The van der Waals surface area contributed by atoms with Gasteiger partial charge in [0.1, 0.15) is 22.3 Å². The van der Waals surface area contributed by atoms with Gasteiger partial charge in [0.2, 0.25) is 0 Å². The Morgan fingerprint density at radius 3 is 2.00 bits per heavy atom. The molecule has 0 atom stereocenters. The van der Waals surface area contributed by atoms with Crippen LogP contribution in [0.3, 0.4) is 0 Å². The predicted octanol–water partition coefficient (Wildman–Crippen LogP) is 9.54. The molecule has 4 heteroatoms.